The Morgan fingerprint density at radius 1 is 1.17 bits per heavy atom. The van der Waals surface area contributed by atoms with Crippen molar-refractivity contribution in [2.45, 2.75) is 18.7 Å². The Kier molecular flexibility index (Phi) is 6.30. The molecule has 7 nitrogen and oxygen atoms in total. The molecule has 0 radical (unpaired) electrons. The molecule has 0 unspecified atom stereocenters. The topological polar surface area (TPSA) is 88.9 Å². The summed E-state index contributed by atoms with van der Waals surface area (Å²) in [5.74, 6) is -0.0659. The second kappa shape index (κ2) is 8.56. The average Bonchev–Trinajstić information content (AvgIpc) is 3.14. The Morgan fingerprint density at radius 3 is 2.52 bits per heavy atom. The minimum Gasteiger partial charge on any atom is -0.495 e. The summed E-state index contributed by atoms with van der Waals surface area (Å²) in [4.78, 5) is 12.8. The van der Waals surface area contributed by atoms with Gasteiger partial charge in [0.05, 0.1) is 22.2 Å². The molecular formula is C20H21BrN2O5S. The van der Waals surface area contributed by atoms with E-state index < -0.39 is 15.9 Å². The number of nitrogens with one attached hydrogen (secondary N) is 1. The van der Waals surface area contributed by atoms with Gasteiger partial charge < -0.3 is 14.5 Å². The molecule has 2 aromatic carbocycles. The number of furan rings is 1. The molecule has 0 aliphatic carbocycles. The first-order chi connectivity index (χ1) is 13.8. The number of rotatable bonds is 7. The quantitative estimate of drug-likeness (QED) is 0.538. The Bertz CT molecular complexity index is 1150. The number of amides is 1. The van der Waals surface area contributed by atoms with E-state index in [0.717, 1.165) is 9.86 Å². The molecule has 3 aromatic rings. The molecule has 0 aliphatic heterocycles. The number of carbonyl (C=O) groups excluding carboxylic acids is 1. The third kappa shape index (κ3) is 4.17. The highest BCUT2D eigenvalue weighted by molar-refractivity contribution is 9.10. The van der Waals surface area contributed by atoms with Gasteiger partial charge >= 0.3 is 0 Å². The number of halogens is 1. The Balaban J connectivity index is 1.96. The van der Waals surface area contributed by atoms with Crippen LogP contribution in [-0.4, -0.2) is 38.8 Å². The molecule has 9 heteroatoms. The molecule has 0 bridgehead atoms. The predicted molar refractivity (Wildman–Crippen MR) is 115 cm³/mol. The van der Waals surface area contributed by atoms with Crippen molar-refractivity contribution in [3.63, 3.8) is 0 Å². The lowest BCUT2D eigenvalue weighted by Crippen LogP contribution is -2.30. The lowest BCUT2D eigenvalue weighted by Gasteiger charge is -2.19. The zero-order chi connectivity index (χ0) is 21.2. The summed E-state index contributed by atoms with van der Waals surface area (Å²) in [7, 11) is -2.23. The average molecular weight is 481 g/mol. The number of methoxy groups -OCH3 is 1. The maximum absolute atomic E-state index is 12.8. The zero-order valence-corrected chi connectivity index (χ0v) is 18.6. The van der Waals surface area contributed by atoms with Crippen LogP contribution in [0.25, 0.3) is 11.0 Å². The molecule has 1 N–H and O–H groups in total. The standard InChI is InChI=1S/C20H21BrN2O5S/c1-4-23(5-2)29(25,26)14-9-10-17(27-3)16(12-14)22-20(24)18-11-13-7-6-8-15(21)19(13)28-18/h6-12H,4-5H2,1-3H3,(H,22,24). The van der Waals surface area contributed by atoms with Gasteiger partial charge in [-0.2, -0.15) is 4.31 Å². The zero-order valence-electron chi connectivity index (χ0n) is 16.2. The van der Waals surface area contributed by atoms with Crippen LogP contribution >= 0.6 is 15.9 Å². The van der Waals surface area contributed by atoms with E-state index >= 15 is 0 Å². The fraction of sp³-hybridized carbons (Fsp3) is 0.250. The summed E-state index contributed by atoms with van der Waals surface area (Å²) in [6.07, 6.45) is 0. The highest BCUT2D eigenvalue weighted by Crippen LogP contribution is 2.31. The molecule has 154 valence electrons. The van der Waals surface area contributed by atoms with Crippen LogP contribution in [0.2, 0.25) is 0 Å². The summed E-state index contributed by atoms with van der Waals surface area (Å²) in [6.45, 7) is 4.24. The van der Waals surface area contributed by atoms with Crippen LogP contribution in [0.5, 0.6) is 5.75 Å². The maximum atomic E-state index is 12.8. The largest absolute Gasteiger partial charge is 0.495 e. The van der Waals surface area contributed by atoms with Crippen molar-refractivity contribution in [2.24, 2.45) is 0 Å². The SMILES string of the molecule is CCN(CC)S(=O)(=O)c1ccc(OC)c(NC(=O)c2cc3cccc(Br)c3o2)c1. The van der Waals surface area contributed by atoms with E-state index in [1.165, 1.54) is 29.6 Å². The van der Waals surface area contributed by atoms with Crippen molar-refractivity contribution >= 4 is 48.5 Å². The van der Waals surface area contributed by atoms with E-state index in [1.54, 1.807) is 19.9 Å². The predicted octanol–water partition coefficient (Wildman–Crippen LogP) is 4.49. The second-order valence-corrected chi connectivity index (χ2v) is 8.97. The monoisotopic (exact) mass is 480 g/mol. The lowest BCUT2D eigenvalue weighted by molar-refractivity contribution is 0.0998. The van der Waals surface area contributed by atoms with Crippen LogP contribution in [0.4, 0.5) is 5.69 Å². The molecule has 0 spiro atoms. The van der Waals surface area contributed by atoms with Gasteiger partial charge in [-0.3, -0.25) is 4.79 Å². The van der Waals surface area contributed by atoms with E-state index in [9.17, 15) is 13.2 Å². The van der Waals surface area contributed by atoms with Gasteiger partial charge in [0.15, 0.2) is 5.76 Å². The molecule has 0 saturated heterocycles. The molecule has 29 heavy (non-hydrogen) atoms. The first-order valence-electron chi connectivity index (χ1n) is 8.99. The molecule has 0 atom stereocenters. The number of anilines is 1. The van der Waals surface area contributed by atoms with Crippen LogP contribution in [0.3, 0.4) is 0 Å². The van der Waals surface area contributed by atoms with Crippen molar-refractivity contribution in [3.8, 4) is 5.75 Å². The number of hydrogen-bond acceptors (Lipinski definition) is 5. The van der Waals surface area contributed by atoms with Gasteiger partial charge in [0.2, 0.25) is 10.0 Å². The summed E-state index contributed by atoms with van der Waals surface area (Å²) in [6, 6.07) is 11.5. The van der Waals surface area contributed by atoms with Gasteiger partial charge in [-0.15, -0.1) is 0 Å². The Morgan fingerprint density at radius 2 is 1.90 bits per heavy atom. The van der Waals surface area contributed by atoms with Gasteiger partial charge in [-0.1, -0.05) is 26.0 Å². The number of fused-ring (bicyclic) bond motifs is 1. The Labute approximate surface area is 177 Å². The van der Waals surface area contributed by atoms with Crippen molar-refractivity contribution in [2.75, 3.05) is 25.5 Å². The second-order valence-electron chi connectivity index (χ2n) is 6.17. The fourth-order valence-corrected chi connectivity index (χ4v) is 4.93. The van der Waals surface area contributed by atoms with Crippen molar-refractivity contribution in [3.05, 3.63) is 52.7 Å². The van der Waals surface area contributed by atoms with Gasteiger partial charge in [-0.25, -0.2) is 8.42 Å². The number of benzene rings is 2. The fourth-order valence-electron chi connectivity index (χ4n) is 2.98. The van der Waals surface area contributed by atoms with Gasteiger partial charge in [-0.05, 0) is 46.3 Å². The first kappa shape index (κ1) is 21.4. The summed E-state index contributed by atoms with van der Waals surface area (Å²) < 4.78 is 38.6. The Hall–Kier alpha value is -2.36. The van der Waals surface area contributed by atoms with Crippen LogP contribution in [0, 0.1) is 0 Å². The summed E-state index contributed by atoms with van der Waals surface area (Å²) in [5, 5.41) is 3.46. The third-order valence-electron chi connectivity index (χ3n) is 4.48. The number of nitrogens with zero attached hydrogens (tertiary/aromatic N) is 1. The number of hydrogen-bond donors (Lipinski definition) is 1. The molecule has 0 fully saturated rings. The molecule has 0 saturated carbocycles. The van der Waals surface area contributed by atoms with Gasteiger partial charge in [0, 0.05) is 18.5 Å². The number of para-hydroxylation sites is 1. The lowest BCUT2D eigenvalue weighted by atomic mass is 10.2. The first-order valence-corrected chi connectivity index (χ1v) is 11.2. The van der Waals surface area contributed by atoms with Crippen LogP contribution in [0.1, 0.15) is 24.4 Å². The summed E-state index contributed by atoms with van der Waals surface area (Å²) in [5.41, 5.74) is 0.799. The highest BCUT2D eigenvalue weighted by atomic mass is 79.9. The van der Waals surface area contributed by atoms with Crippen molar-refractivity contribution < 1.29 is 22.4 Å². The molecule has 0 aliphatic rings. The van der Waals surface area contributed by atoms with E-state index in [1.807, 2.05) is 18.2 Å². The smallest absolute Gasteiger partial charge is 0.291 e. The van der Waals surface area contributed by atoms with E-state index in [-0.39, 0.29) is 16.3 Å². The normalized spacial score (nSPS) is 11.8. The molecule has 1 amide bonds. The minimum absolute atomic E-state index is 0.0738. The van der Waals surface area contributed by atoms with Crippen LogP contribution in [0.15, 0.2) is 56.2 Å². The molecule has 3 rings (SSSR count). The maximum Gasteiger partial charge on any atom is 0.291 e. The van der Waals surface area contributed by atoms with E-state index in [4.69, 9.17) is 9.15 Å². The highest BCUT2D eigenvalue weighted by Gasteiger charge is 2.24. The summed E-state index contributed by atoms with van der Waals surface area (Å²) >= 11 is 3.39. The molecule has 1 heterocycles. The van der Waals surface area contributed by atoms with Gasteiger partial charge in [0.25, 0.3) is 5.91 Å². The van der Waals surface area contributed by atoms with Crippen molar-refractivity contribution in [1.29, 1.82) is 0 Å². The molecular weight excluding hydrogens is 460 g/mol. The minimum atomic E-state index is -3.68. The third-order valence-corrected chi connectivity index (χ3v) is 7.15. The number of sulfonamides is 1. The van der Waals surface area contributed by atoms with E-state index in [0.29, 0.717) is 24.4 Å². The van der Waals surface area contributed by atoms with Crippen molar-refractivity contribution in [1.82, 2.24) is 4.31 Å². The van der Waals surface area contributed by atoms with Gasteiger partial charge in [0.1, 0.15) is 11.3 Å². The number of carbonyl (C=O) groups is 1. The van der Waals surface area contributed by atoms with Crippen LogP contribution < -0.4 is 10.1 Å². The number of ether oxygens (including phenoxy) is 1. The van der Waals surface area contributed by atoms with E-state index in [2.05, 4.69) is 21.2 Å². The molecule has 1 aromatic heterocycles. The van der Waals surface area contributed by atoms with Crippen LogP contribution in [-0.2, 0) is 10.0 Å².